The second kappa shape index (κ2) is 10.9. The number of nitro groups is 1. The standard InChI is InChI=1S/C24H22Br2N6O6/c25-16-9-13(10-17(26)21(16)37-24(33)31-4-6-36-7-5-31)18-15(11-27)22(28)38-23-19(18)20(29-30-23)12-2-1-3-14(8-12)32(34)35/h1-3,8-10,18-20,23,29-30H,4-7,28H2. The van der Waals surface area contributed by atoms with Crippen molar-refractivity contribution in [2.24, 2.45) is 11.7 Å². The van der Waals surface area contributed by atoms with Crippen LogP contribution in [0.3, 0.4) is 0 Å². The first-order chi connectivity index (χ1) is 18.3. The zero-order valence-corrected chi connectivity index (χ0v) is 22.9. The molecule has 4 N–H and O–H groups in total. The van der Waals surface area contributed by atoms with Gasteiger partial charge in [-0.25, -0.2) is 15.6 Å². The van der Waals surface area contributed by atoms with Crippen molar-refractivity contribution >= 4 is 43.6 Å². The third-order valence-electron chi connectivity index (χ3n) is 6.73. The van der Waals surface area contributed by atoms with Gasteiger partial charge in [-0.1, -0.05) is 12.1 Å². The van der Waals surface area contributed by atoms with Gasteiger partial charge in [-0.05, 0) is 55.1 Å². The van der Waals surface area contributed by atoms with Crippen LogP contribution in [0.5, 0.6) is 5.75 Å². The number of hydrogen-bond donors (Lipinski definition) is 3. The number of fused-ring (bicyclic) bond motifs is 1. The van der Waals surface area contributed by atoms with Crippen LogP contribution in [0, 0.1) is 27.4 Å². The molecule has 38 heavy (non-hydrogen) atoms. The number of nitrogens with two attached hydrogens (primary N) is 1. The predicted molar refractivity (Wildman–Crippen MR) is 140 cm³/mol. The highest BCUT2D eigenvalue weighted by Crippen LogP contribution is 2.49. The van der Waals surface area contributed by atoms with E-state index < -0.39 is 35.1 Å². The Morgan fingerprint density at radius 2 is 1.89 bits per heavy atom. The van der Waals surface area contributed by atoms with Crippen LogP contribution in [-0.2, 0) is 9.47 Å². The van der Waals surface area contributed by atoms with E-state index >= 15 is 0 Å². The molecule has 14 heteroatoms. The topological polar surface area (TPSA) is 165 Å². The number of carbonyl (C=O) groups excluding carboxylic acids is 1. The number of morpholine rings is 1. The average molecular weight is 650 g/mol. The van der Waals surface area contributed by atoms with Crippen LogP contribution in [0.4, 0.5) is 10.5 Å². The van der Waals surface area contributed by atoms with E-state index in [2.05, 4.69) is 48.8 Å². The van der Waals surface area contributed by atoms with Crippen molar-refractivity contribution in [2.75, 3.05) is 26.3 Å². The van der Waals surface area contributed by atoms with Gasteiger partial charge in [0.2, 0.25) is 5.88 Å². The first-order valence-electron chi connectivity index (χ1n) is 11.6. The number of ether oxygens (including phenoxy) is 3. The van der Waals surface area contributed by atoms with E-state index in [0.29, 0.717) is 52.1 Å². The molecule has 5 rings (SSSR count). The summed E-state index contributed by atoms with van der Waals surface area (Å²) in [4.78, 5) is 25.2. The highest BCUT2D eigenvalue weighted by molar-refractivity contribution is 9.11. The first-order valence-corrected chi connectivity index (χ1v) is 13.2. The number of benzene rings is 2. The predicted octanol–water partition coefficient (Wildman–Crippen LogP) is 3.55. The Hall–Kier alpha value is -3.22. The molecule has 2 fully saturated rings. The molecule has 1 amide bonds. The van der Waals surface area contributed by atoms with Gasteiger partial charge < -0.3 is 24.8 Å². The molecule has 0 spiro atoms. The minimum atomic E-state index is -0.613. The molecule has 2 aromatic carbocycles. The van der Waals surface area contributed by atoms with Gasteiger partial charge in [-0.15, -0.1) is 0 Å². The fourth-order valence-electron chi connectivity index (χ4n) is 4.97. The van der Waals surface area contributed by atoms with Crippen molar-refractivity contribution in [3.8, 4) is 11.8 Å². The van der Waals surface area contributed by atoms with Crippen LogP contribution < -0.4 is 21.3 Å². The maximum atomic E-state index is 12.7. The van der Waals surface area contributed by atoms with Gasteiger partial charge in [0.05, 0.1) is 38.7 Å². The first kappa shape index (κ1) is 26.4. The van der Waals surface area contributed by atoms with Crippen LogP contribution >= 0.6 is 31.9 Å². The lowest BCUT2D eigenvalue weighted by molar-refractivity contribution is -0.384. The van der Waals surface area contributed by atoms with Gasteiger partial charge >= 0.3 is 6.09 Å². The van der Waals surface area contributed by atoms with Crippen molar-refractivity contribution < 1.29 is 23.9 Å². The number of nitro benzene ring substituents is 1. The Morgan fingerprint density at radius 1 is 1.18 bits per heavy atom. The van der Waals surface area contributed by atoms with Crippen molar-refractivity contribution in [3.63, 3.8) is 0 Å². The third kappa shape index (κ3) is 4.95. The molecule has 4 atom stereocenters. The van der Waals surface area contributed by atoms with Crippen LogP contribution in [0.25, 0.3) is 0 Å². The molecule has 2 saturated heterocycles. The highest BCUT2D eigenvalue weighted by Gasteiger charge is 2.49. The number of hydrogen-bond acceptors (Lipinski definition) is 10. The fraction of sp³-hybridized carbons (Fsp3) is 0.333. The molecule has 12 nitrogen and oxygen atoms in total. The van der Waals surface area contributed by atoms with E-state index in [-0.39, 0.29) is 17.1 Å². The Morgan fingerprint density at radius 3 is 2.55 bits per heavy atom. The molecule has 2 aromatic rings. The minimum Gasteiger partial charge on any atom is -0.458 e. The summed E-state index contributed by atoms with van der Waals surface area (Å²) in [6.07, 6.45) is -1.11. The molecule has 0 aromatic heterocycles. The van der Waals surface area contributed by atoms with Crippen molar-refractivity contribution in [1.29, 1.82) is 5.26 Å². The number of halogens is 2. The van der Waals surface area contributed by atoms with Gasteiger partial charge in [0, 0.05) is 37.1 Å². The second-order valence-corrected chi connectivity index (χ2v) is 10.6. The monoisotopic (exact) mass is 648 g/mol. The van der Waals surface area contributed by atoms with Gasteiger partial charge in [0.25, 0.3) is 5.69 Å². The maximum Gasteiger partial charge on any atom is 0.415 e. The number of nitrogens with one attached hydrogen (secondary N) is 2. The van der Waals surface area contributed by atoms with Gasteiger partial charge in [-0.2, -0.15) is 5.26 Å². The lowest BCUT2D eigenvalue weighted by Gasteiger charge is -2.36. The zero-order valence-electron chi connectivity index (χ0n) is 19.7. The molecular weight excluding hydrogens is 628 g/mol. The number of hydrazine groups is 1. The third-order valence-corrected chi connectivity index (χ3v) is 7.91. The maximum absolute atomic E-state index is 12.7. The molecule has 3 aliphatic rings. The van der Waals surface area contributed by atoms with E-state index in [9.17, 15) is 20.2 Å². The van der Waals surface area contributed by atoms with E-state index in [4.69, 9.17) is 19.9 Å². The van der Waals surface area contributed by atoms with Gasteiger partial charge in [-0.3, -0.25) is 10.1 Å². The lowest BCUT2D eigenvalue weighted by Crippen LogP contribution is -2.42. The summed E-state index contributed by atoms with van der Waals surface area (Å²) in [5.41, 5.74) is 13.9. The Kier molecular flexibility index (Phi) is 7.55. The largest absolute Gasteiger partial charge is 0.458 e. The molecule has 198 valence electrons. The second-order valence-electron chi connectivity index (χ2n) is 8.88. The quantitative estimate of drug-likeness (QED) is 0.329. The zero-order chi connectivity index (χ0) is 27.0. The number of non-ortho nitro benzene ring substituents is 1. The van der Waals surface area contributed by atoms with Crippen LogP contribution in [0.1, 0.15) is 23.1 Å². The van der Waals surface area contributed by atoms with E-state index in [1.807, 2.05) is 0 Å². The Bertz CT molecular complexity index is 1340. The minimum absolute atomic E-state index is 0.0113. The molecular formula is C24H22Br2N6O6. The number of allylic oxidation sites excluding steroid dienone is 1. The molecule has 4 unspecified atom stereocenters. The summed E-state index contributed by atoms with van der Waals surface area (Å²) in [6, 6.07) is 11.6. The van der Waals surface area contributed by atoms with Crippen LogP contribution in [0.2, 0.25) is 0 Å². The lowest BCUT2D eigenvalue weighted by atomic mass is 9.74. The smallest absolute Gasteiger partial charge is 0.415 e. The number of rotatable bonds is 4. The van der Waals surface area contributed by atoms with E-state index in [1.54, 1.807) is 29.2 Å². The summed E-state index contributed by atoms with van der Waals surface area (Å²) >= 11 is 7.03. The van der Waals surface area contributed by atoms with Gasteiger partial charge in [0.1, 0.15) is 6.07 Å². The summed E-state index contributed by atoms with van der Waals surface area (Å²) in [7, 11) is 0. The van der Waals surface area contributed by atoms with Crippen molar-refractivity contribution in [2.45, 2.75) is 18.2 Å². The van der Waals surface area contributed by atoms with Gasteiger partial charge in [0.15, 0.2) is 12.0 Å². The molecule has 3 aliphatic heterocycles. The summed E-state index contributed by atoms with van der Waals surface area (Å²) in [5, 5.41) is 21.4. The molecule has 3 heterocycles. The van der Waals surface area contributed by atoms with Crippen LogP contribution in [-0.4, -0.2) is 48.4 Å². The number of nitriles is 1. The van der Waals surface area contributed by atoms with E-state index in [1.165, 1.54) is 12.1 Å². The van der Waals surface area contributed by atoms with Crippen LogP contribution in [0.15, 0.2) is 56.8 Å². The average Bonchev–Trinajstić information content (AvgIpc) is 3.33. The SMILES string of the molecule is N#CC1=C(N)OC2NNC(c3cccc([N+](=O)[O-])c3)C2C1c1cc(Br)c(OC(=O)N2CCOCC2)c(Br)c1. The number of amides is 1. The Labute approximate surface area is 234 Å². The molecule has 0 bridgehead atoms. The van der Waals surface area contributed by atoms with Crippen molar-refractivity contribution in [3.05, 3.63) is 78.0 Å². The summed E-state index contributed by atoms with van der Waals surface area (Å²) < 4.78 is 17.8. The van der Waals surface area contributed by atoms with E-state index in [0.717, 1.165) is 0 Å². The number of carbonyl (C=O) groups is 1. The normalized spacial score (nSPS) is 24.8. The fourth-order valence-corrected chi connectivity index (χ4v) is 6.35. The molecule has 0 radical (unpaired) electrons. The van der Waals surface area contributed by atoms with Crippen molar-refractivity contribution in [1.82, 2.24) is 15.8 Å². The molecule has 0 saturated carbocycles. The summed E-state index contributed by atoms with van der Waals surface area (Å²) in [6.45, 7) is 1.76. The highest BCUT2D eigenvalue weighted by atomic mass is 79.9. The number of nitrogens with zero attached hydrogens (tertiary/aromatic N) is 3. The summed E-state index contributed by atoms with van der Waals surface area (Å²) in [5.74, 6) is -0.674. The molecule has 0 aliphatic carbocycles. The Balaban J connectivity index is 1.51.